The summed E-state index contributed by atoms with van der Waals surface area (Å²) in [5, 5.41) is 9.75. The highest BCUT2D eigenvalue weighted by atomic mass is 16.3. The Labute approximate surface area is 76.8 Å². The van der Waals surface area contributed by atoms with E-state index >= 15 is 0 Å². The van der Waals surface area contributed by atoms with Crippen LogP contribution in [0.2, 0.25) is 0 Å². The fraction of sp³-hybridized carbons (Fsp3) is 0.333. The Kier molecular flexibility index (Phi) is 0.471. The van der Waals surface area contributed by atoms with Crippen molar-refractivity contribution < 1.29 is 20.2 Å². The molecule has 0 amide bonds. The number of phenols is 1. The van der Waals surface area contributed by atoms with Gasteiger partial charge in [-0.25, -0.2) is 0 Å². The molecule has 54 valence electrons. The van der Waals surface area contributed by atoms with E-state index in [-0.39, 0.29) is 0 Å². The van der Waals surface area contributed by atoms with E-state index in [1.165, 1.54) is 0 Å². The average molecular weight is 147 g/mol. The van der Waals surface area contributed by atoms with Crippen LogP contribution in [0.5, 0.6) is 5.75 Å². The van der Waals surface area contributed by atoms with E-state index in [1.807, 2.05) is 0 Å². The molecule has 1 N–H and O–H groups in total. The quantitative estimate of drug-likeness (QED) is 0.680. The summed E-state index contributed by atoms with van der Waals surface area (Å²) < 4.78 is 81.3. The molecule has 1 aromatic carbocycles. The fourth-order valence-electron chi connectivity index (χ4n) is 0.459. The van der Waals surface area contributed by atoms with Crippen LogP contribution in [-0.2, 0) is 6.37 Å². The molecule has 0 fully saturated rings. The molecule has 1 nitrogen and oxygen atoms in total. The van der Waals surface area contributed by atoms with Crippen LogP contribution >= 0.6 is 0 Å². The Morgan fingerprint density at radius 3 is 3.30 bits per heavy atom. The van der Waals surface area contributed by atoms with E-state index < -0.39 is 55.1 Å². The highest BCUT2D eigenvalue weighted by Crippen LogP contribution is 2.16. The molecule has 0 bridgehead atoms. The minimum Gasteiger partial charge on any atom is -0.508 e. The predicted molar refractivity (Wildman–Crippen MR) is 42.1 cm³/mol. The third-order valence-corrected chi connectivity index (χ3v) is 0.855. The van der Waals surface area contributed by atoms with Gasteiger partial charge in [0.25, 0.3) is 0 Å². The van der Waals surface area contributed by atoms with Gasteiger partial charge in [0, 0.05) is 9.60 Å². The summed E-state index contributed by atoms with van der Waals surface area (Å²) in [5.74, 6) is -1.21. The molecule has 0 radical (unpaired) electrons. The first-order valence-corrected chi connectivity index (χ1v) is 2.47. The average Bonchev–Trinajstić information content (AvgIpc) is 2.32. The largest absolute Gasteiger partial charge is 0.508 e. The van der Waals surface area contributed by atoms with Crippen LogP contribution in [-0.4, -0.2) is 5.11 Å². The van der Waals surface area contributed by atoms with Crippen molar-refractivity contribution in [1.82, 2.24) is 0 Å². The van der Waals surface area contributed by atoms with Gasteiger partial charge in [-0.3, -0.25) is 0 Å². The lowest BCUT2D eigenvalue weighted by atomic mass is 10.1. The molecule has 0 unspecified atom stereocenters. The smallest absolute Gasteiger partial charge is 0.118 e. The number of para-hydroxylation sites is 1. The molecule has 0 aromatic heterocycles. The van der Waals surface area contributed by atoms with Gasteiger partial charge >= 0.3 is 0 Å². The fourth-order valence-corrected chi connectivity index (χ4v) is 0.459. The van der Waals surface area contributed by atoms with E-state index in [1.54, 1.807) is 0 Å². The first-order valence-electron chi connectivity index (χ1n) is 7.97. The van der Waals surface area contributed by atoms with Crippen LogP contribution in [0.4, 0.5) is 0 Å². The summed E-state index contributed by atoms with van der Waals surface area (Å²) in [4.78, 5) is 0. The number of hydrogen-bond donors (Lipinski definition) is 1. The number of hydrogen-bond acceptors (Lipinski definition) is 1. The number of phenolic OH excluding ortho intramolecular Hbond substituents is 1. The molecule has 10 heavy (non-hydrogen) atoms. The molecule has 0 heterocycles. The third-order valence-electron chi connectivity index (χ3n) is 0.855. The SMILES string of the molecule is [2H]c1c([2H])c([2H])c(C([2H])([2H])C([2H])([2H])C([2H])([2H])[2H])c(O)c1[2H]. The van der Waals surface area contributed by atoms with Crippen molar-refractivity contribution in [3.63, 3.8) is 0 Å². The number of aromatic hydroxyl groups is 1. The Hall–Kier alpha value is -0.980. The Bertz CT molecular complexity index is 545. The van der Waals surface area contributed by atoms with Crippen LogP contribution in [0.15, 0.2) is 24.2 Å². The van der Waals surface area contributed by atoms with Crippen molar-refractivity contribution in [1.29, 1.82) is 0 Å². The first-order chi connectivity index (χ1) is 9.18. The number of rotatable bonds is 2. The molecule has 1 heteroatoms. The van der Waals surface area contributed by atoms with Gasteiger partial charge in [-0.05, 0) is 18.0 Å². The van der Waals surface area contributed by atoms with Crippen molar-refractivity contribution in [3.05, 3.63) is 29.7 Å². The van der Waals surface area contributed by atoms with Crippen LogP contribution in [0, 0.1) is 0 Å². The molecule has 0 saturated carbocycles. The van der Waals surface area contributed by atoms with Crippen LogP contribution in [0.1, 0.15) is 33.9 Å². The minimum atomic E-state index is -3.48. The zero-order chi connectivity index (χ0) is 17.0. The summed E-state index contributed by atoms with van der Waals surface area (Å²) >= 11 is 0. The van der Waals surface area contributed by atoms with Crippen LogP contribution in [0.25, 0.3) is 0 Å². The summed E-state index contributed by atoms with van der Waals surface area (Å²) in [6.45, 7) is -3.40. The van der Waals surface area contributed by atoms with E-state index in [4.69, 9.17) is 15.1 Å². The van der Waals surface area contributed by atoms with E-state index in [0.29, 0.717) is 0 Å². The van der Waals surface area contributed by atoms with Crippen LogP contribution < -0.4 is 0 Å². The lowest BCUT2D eigenvalue weighted by Gasteiger charge is -1.99. The van der Waals surface area contributed by atoms with Gasteiger partial charge in [0.05, 0.1) is 5.48 Å². The second-order valence-electron chi connectivity index (χ2n) is 1.47. The standard InChI is InChI=1S/C9H12O/c1-2-5-8-6-3-4-7-9(8)10/h3-4,6-7,10H,2,5H2,1H3/i1D3,2D2,3D,4D,5D2,6D,7D. The zero-order valence-corrected chi connectivity index (χ0v) is 4.95. The molecule has 0 aliphatic rings. The zero-order valence-electron chi connectivity index (χ0n) is 15.9. The molecular formula is C9H12O. The highest BCUT2D eigenvalue weighted by Gasteiger charge is 1.95. The first kappa shape index (κ1) is 1.45. The minimum absolute atomic E-state index is 0.827. The maximum Gasteiger partial charge on any atom is 0.118 e. The Morgan fingerprint density at radius 1 is 1.70 bits per heavy atom. The summed E-state index contributed by atoms with van der Waals surface area (Å²) in [6, 6.07) is -3.70. The molecule has 1 aromatic rings. The van der Waals surface area contributed by atoms with Crippen molar-refractivity contribution in [2.75, 3.05) is 0 Å². The highest BCUT2D eigenvalue weighted by molar-refractivity contribution is 5.31. The predicted octanol–water partition coefficient (Wildman–Crippen LogP) is 2.34. The Balaban J connectivity index is 3.76. The van der Waals surface area contributed by atoms with Gasteiger partial charge < -0.3 is 5.11 Å². The Morgan fingerprint density at radius 2 is 2.50 bits per heavy atom. The lowest BCUT2D eigenvalue weighted by Crippen LogP contribution is -1.81. The summed E-state index contributed by atoms with van der Waals surface area (Å²) in [7, 11) is 0. The van der Waals surface area contributed by atoms with Crippen molar-refractivity contribution in [2.24, 2.45) is 0 Å². The molecule has 0 aliphatic carbocycles. The van der Waals surface area contributed by atoms with Gasteiger partial charge in [-0.2, -0.15) is 0 Å². The van der Waals surface area contributed by atoms with Gasteiger partial charge in [0.15, 0.2) is 0 Å². The number of benzene rings is 1. The topological polar surface area (TPSA) is 20.2 Å². The van der Waals surface area contributed by atoms with Gasteiger partial charge in [-0.1, -0.05) is 31.4 Å². The van der Waals surface area contributed by atoms with Crippen molar-refractivity contribution in [2.45, 2.75) is 19.6 Å². The lowest BCUT2D eigenvalue weighted by molar-refractivity contribution is 0.467. The van der Waals surface area contributed by atoms with Crippen molar-refractivity contribution in [3.8, 4) is 5.75 Å². The maximum atomic E-state index is 9.75. The van der Waals surface area contributed by atoms with E-state index in [2.05, 4.69) is 0 Å². The molecule has 0 saturated heterocycles. The second kappa shape index (κ2) is 3.25. The molecule has 1 rings (SSSR count). The molecule has 0 atom stereocenters. The van der Waals surface area contributed by atoms with E-state index in [0.717, 1.165) is 0 Å². The van der Waals surface area contributed by atoms with Gasteiger partial charge in [0.2, 0.25) is 0 Å². The van der Waals surface area contributed by atoms with Crippen molar-refractivity contribution >= 4 is 0 Å². The van der Waals surface area contributed by atoms with Gasteiger partial charge in [-0.15, -0.1) is 0 Å². The van der Waals surface area contributed by atoms with E-state index in [9.17, 15) is 5.11 Å². The van der Waals surface area contributed by atoms with Crippen LogP contribution in [0.3, 0.4) is 0 Å². The molecule has 0 aliphatic heterocycles. The summed E-state index contributed by atoms with van der Waals surface area (Å²) in [5.41, 5.74) is -1.12. The molecule has 0 spiro atoms. The normalized spacial score (nSPS) is 29.8. The van der Waals surface area contributed by atoms with Gasteiger partial charge in [0.1, 0.15) is 5.75 Å². The third kappa shape index (κ3) is 1.50. The maximum absolute atomic E-state index is 9.75. The molecular weight excluding hydrogens is 124 g/mol. The monoisotopic (exact) mass is 147 g/mol. The second-order valence-corrected chi connectivity index (χ2v) is 1.47. The summed E-state index contributed by atoms with van der Waals surface area (Å²) in [6.07, 6.45) is -6.84.